The SMILES string of the molecule is C#CCCSc1ccc(CNC(C)C)cc1. The summed E-state index contributed by atoms with van der Waals surface area (Å²) in [7, 11) is 0. The minimum Gasteiger partial charge on any atom is -0.310 e. The van der Waals surface area contributed by atoms with Gasteiger partial charge in [0.15, 0.2) is 0 Å². The Morgan fingerprint density at radius 3 is 2.56 bits per heavy atom. The van der Waals surface area contributed by atoms with E-state index in [0.717, 1.165) is 18.7 Å². The van der Waals surface area contributed by atoms with Crippen LogP contribution in [0.5, 0.6) is 0 Å². The quantitative estimate of drug-likeness (QED) is 0.459. The fraction of sp³-hybridized carbons (Fsp3) is 0.429. The summed E-state index contributed by atoms with van der Waals surface area (Å²) >= 11 is 1.82. The van der Waals surface area contributed by atoms with Crippen LogP contribution in [0, 0.1) is 12.3 Å². The van der Waals surface area contributed by atoms with Crippen molar-refractivity contribution in [2.75, 3.05) is 5.75 Å². The van der Waals surface area contributed by atoms with Gasteiger partial charge in [-0.05, 0) is 17.7 Å². The highest BCUT2D eigenvalue weighted by Gasteiger charge is 1.96. The fourth-order valence-corrected chi connectivity index (χ4v) is 2.04. The molecule has 1 nitrogen and oxygen atoms in total. The van der Waals surface area contributed by atoms with E-state index in [0.29, 0.717) is 6.04 Å². The molecule has 0 aliphatic rings. The zero-order chi connectivity index (χ0) is 11.8. The molecule has 1 aromatic rings. The van der Waals surface area contributed by atoms with E-state index in [4.69, 9.17) is 6.42 Å². The molecule has 86 valence electrons. The van der Waals surface area contributed by atoms with Gasteiger partial charge in [0.1, 0.15) is 0 Å². The van der Waals surface area contributed by atoms with E-state index < -0.39 is 0 Å². The van der Waals surface area contributed by atoms with Crippen molar-refractivity contribution in [1.29, 1.82) is 0 Å². The third kappa shape index (κ3) is 5.25. The zero-order valence-corrected chi connectivity index (χ0v) is 10.8. The van der Waals surface area contributed by atoms with Gasteiger partial charge < -0.3 is 5.32 Å². The normalized spacial score (nSPS) is 10.4. The molecule has 0 amide bonds. The summed E-state index contributed by atoms with van der Waals surface area (Å²) in [4.78, 5) is 1.29. The minimum absolute atomic E-state index is 0.532. The molecule has 0 aliphatic heterocycles. The molecule has 0 atom stereocenters. The summed E-state index contributed by atoms with van der Waals surface area (Å²) in [5, 5.41) is 3.40. The van der Waals surface area contributed by atoms with Crippen LogP contribution in [0.25, 0.3) is 0 Å². The maximum absolute atomic E-state index is 5.21. The number of hydrogen-bond donors (Lipinski definition) is 1. The lowest BCUT2D eigenvalue weighted by atomic mass is 10.2. The van der Waals surface area contributed by atoms with Crippen LogP contribution in [-0.4, -0.2) is 11.8 Å². The summed E-state index contributed by atoms with van der Waals surface area (Å²) in [6.07, 6.45) is 6.05. The smallest absolute Gasteiger partial charge is 0.0207 e. The van der Waals surface area contributed by atoms with Gasteiger partial charge in [0, 0.05) is 29.7 Å². The van der Waals surface area contributed by atoms with Gasteiger partial charge in [-0.3, -0.25) is 0 Å². The Bertz CT molecular complexity index is 335. The number of hydrogen-bond acceptors (Lipinski definition) is 2. The van der Waals surface area contributed by atoms with Crippen molar-refractivity contribution in [2.24, 2.45) is 0 Å². The number of thioether (sulfide) groups is 1. The molecule has 1 aromatic carbocycles. The second-order valence-corrected chi connectivity index (χ2v) is 5.15. The van der Waals surface area contributed by atoms with Crippen molar-refractivity contribution in [3.8, 4) is 12.3 Å². The molecule has 0 aliphatic carbocycles. The van der Waals surface area contributed by atoms with Gasteiger partial charge in [-0.25, -0.2) is 0 Å². The molecular formula is C14H19NS. The molecule has 1 rings (SSSR count). The highest BCUT2D eigenvalue weighted by Crippen LogP contribution is 2.18. The van der Waals surface area contributed by atoms with Crippen LogP contribution >= 0.6 is 11.8 Å². The van der Waals surface area contributed by atoms with Crippen molar-refractivity contribution in [3.63, 3.8) is 0 Å². The molecule has 2 heteroatoms. The van der Waals surface area contributed by atoms with Gasteiger partial charge in [0.2, 0.25) is 0 Å². The second-order valence-electron chi connectivity index (χ2n) is 3.98. The molecular weight excluding hydrogens is 214 g/mol. The second kappa shape index (κ2) is 7.38. The molecule has 0 saturated carbocycles. The van der Waals surface area contributed by atoms with Crippen molar-refractivity contribution in [2.45, 2.75) is 37.8 Å². The monoisotopic (exact) mass is 233 g/mol. The summed E-state index contributed by atoms with van der Waals surface area (Å²) in [5.41, 5.74) is 1.33. The van der Waals surface area contributed by atoms with Crippen molar-refractivity contribution >= 4 is 11.8 Å². The average molecular weight is 233 g/mol. The van der Waals surface area contributed by atoms with Crippen LogP contribution in [-0.2, 0) is 6.54 Å². The first kappa shape index (κ1) is 13.2. The van der Waals surface area contributed by atoms with E-state index in [1.807, 2.05) is 11.8 Å². The van der Waals surface area contributed by atoms with Crippen molar-refractivity contribution < 1.29 is 0 Å². The Labute approximate surface area is 103 Å². The van der Waals surface area contributed by atoms with E-state index in [1.165, 1.54) is 10.5 Å². The van der Waals surface area contributed by atoms with Crippen LogP contribution in [0.4, 0.5) is 0 Å². The molecule has 0 aromatic heterocycles. The predicted molar refractivity (Wildman–Crippen MR) is 72.6 cm³/mol. The maximum Gasteiger partial charge on any atom is 0.0207 e. The molecule has 0 unspecified atom stereocenters. The van der Waals surface area contributed by atoms with E-state index in [9.17, 15) is 0 Å². The molecule has 0 bridgehead atoms. The van der Waals surface area contributed by atoms with Crippen LogP contribution < -0.4 is 5.32 Å². The van der Waals surface area contributed by atoms with Gasteiger partial charge in [-0.1, -0.05) is 26.0 Å². The summed E-state index contributed by atoms with van der Waals surface area (Å²) in [6, 6.07) is 9.21. The Balaban J connectivity index is 2.39. The van der Waals surface area contributed by atoms with Crippen LogP contribution in [0.2, 0.25) is 0 Å². The first-order chi connectivity index (χ1) is 7.72. The highest BCUT2D eigenvalue weighted by atomic mass is 32.2. The molecule has 0 saturated heterocycles. The van der Waals surface area contributed by atoms with Crippen LogP contribution in [0.3, 0.4) is 0 Å². The third-order valence-corrected chi connectivity index (χ3v) is 3.17. The lowest BCUT2D eigenvalue weighted by Gasteiger charge is -2.08. The first-order valence-electron chi connectivity index (χ1n) is 5.61. The fourth-order valence-electron chi connectivity index (χ4n) is 1.25. The van der Waals surface area contributed by atoms with Crippen LogP contribution in [0.1, 0.15) is 25.8 Å². The summed E-state index contributed by atoms with van der Waals surface area (Å²) < 4.78 is 0. The standard InChI is InChI=1S/C14H19NS/c1-4-5-10-16-14-8-6-13(7-9-14)11-15-12(2)3/h1,6-9,12,15H,5,10-11H2,2-3H3. The number of terminal acetylenes is 1. The third-order valence-electron chi connectivity index (χ3n) is 2.15. The molecule has 0 fully saturated rings. The Morgan fingerprint density at radius 1 is 1.31 bits per heavy atom. The summed E-state index contributed by atoms with van der Waals surface area (Å²) in [5.74, 6) is 3.65. The van der Waals surface area contributed by atoms with Gasteiger partial charge in [0.05, 0.1) is 0 Å². The predicted octanol–water partition coefficient (Wildman–Crippen LogP) is 3.30. The topological polar surface area (TPSA) is 12.0 Å². The average Bonchev–Trinajstić information content (AvgIpc) is 2.28. The van der Waals surface area contributed by atoms with Gasteiger partial charge >= 0.3 is 0 Å². The summed E-state index contributed by atoms with van der Waals surface area (Å²) in [6.45, 7) is 5.25. The van der Waals surface area contributed by atoms with Crippen molar-refractivity contribution in [1.82, 2.24) is 5.32 Å². The lowest BCUT2D eigenvalue weighted by molar-refractivity contribution is 0.588. The molecule has 0 spiro atoms. The van der Waals surface area contributed by atoms with E-state index in [1.54, 1.807) is 0 Å². The lowest BCUT2D eigenvalue weighted by Crippen LogP contribution is -2.21. The minimum atomic E-state index is 0.532. The maximum atomic E-state index is 5.21. The van der Waals surface area contributed by atoms with Gasteiger partial charge in [0.25, 0.3) is 0 Å². The van der Waals surface area contributed by atoms with Gasteiger partial charge in [-0.2, -0.15) is 0 Å². The Morgan fingerprint density at radius 2 is 2.00 bits per heavy atom. The van der Waals surface area contributed by atoms with Gasteiger partial charge in [-0.15, -0.1) is 24.1 Å². The van der Waals surface area contributed by atoms with E-state index in [2.05, 4.69) is 49.4 Å². The van der Waals surface area contributed by atoms with Crippen molar-refractivity contribution in [3.05, 3.63) is 29.8 Å². The molecule has 0 radical (unpaired) electrons. The molecule has 0 heterocycles. The number of rotatable bonds is 6. The Hall–Kier alpha value is -0.910. The largest absolute Gasteiger partial charge is 0.310 e. The highest BCUT2D eigenvalue weighted by molar-refractivity contribution is 7.99. The Kier molecular flexibility index (Phi) is 6.07. The number of nitrogens with one attached hydrogen (secondary N) is 1. The van der Waals surface area contributed by atoms with Crippen LogP contribution in [0.15, 0.2) is 29.2 Å². The van der Waals surface area contributed by atoms with E-state index >= 15 is 0 Å². The number of benzene rings is 1. The molecule has 1 N–H and O–H groups in total. The van der Waals surface area contributed by atoms with E-state index in [-0.39, 0.29) is 0 Å². The first-order valence-corrected chi connectivity index (χ1v) is 6.59. The molecule has 16 heavy (non-hydrogen) atoms. The zero-order valence-electron chi connectivity index (χ0n) is 9.99.